The summed E-state index contributed by atoms with van der Waals surface area (Å²) >= 11 is 0. The maximum atomic E-state index is 13.2. The number of hydroxylamine groups is 2. The van der Waals surface area contributed by atoms with E-state index in [1.165, 1.54) is 6.08 Å². The van der Waals surface area contributed by atoms with Gasteiger partial charge in [-0.1, -0.05) is 18.2 Å². The van der Waals surface area contributed by atoms with Crippen LogP contribution in [0.5, 0.6) is 0 Å². The van der Waals surface area contributed by atoms with E-state index in [1.54, 1.807) is 24.3 Å². The monoisotopic (exact) mass is 409 g/mol. The Morgan fingerprint density at radius 2 is 1.96 bits per heavy atom. The van der Waals surface area contributed by atoms with Crippen LogP contribution in [0.1, 0.15) is 12.8 Å². The number of carbonyl (C=O) groups is 3. The normalized spacial score (nSPS) is 28.5. The van der Waals surface area contributed by atoms with E-state index in [1.807, 2.05) is 0 Å². The first-order valence-corrected chi connectivity index (χ1v) is 9.71. The zero-order valence-corrected chi connectivity index (χ0v) is 15.1. The van der Waals surface area contributed by atoms with Crippen molar-refractivity contribution in [3.63, 3.8) is 0 Å². The fourth-order valence-corrected chi connectivity index (χ4v) is 4.25. The molecule has 3 aliphatic rings. The number of hydrogen-bond donors (Lipinski definition) is 2. The molecule has 28 heavy (non-hydrogen) atoms. The number of carboxylic acids is 1. The van der Waals surface area contributed by atoms with Crippen molar-refractivity contribution in [2.75, 3.05) is 6.54 Å². The Morgan fingerprint density at radius 1 is 1.25 bits per heavy atom. The second-order valence-corrected chi connectivity index (χ2v) is 7.77. The molecule has 2 fully saturated rings. The zero-order valence-electron chi connectivity index (χ0n) is 14.3. The molecule has 4 rings (SSSR count). The van der Waals surface area contributed by atoms with Crippen molar-refractivity contribution in [3.8, 4) is 0 Å². The number of urea groups is 1. The molecule has 2 bridgehead atoms. The standard InChI is InChI=1S/C16H15N3O8S/c20-13(16(14(21)22)7-9-3-1-2-4-11(9)17-16)12-6-5-10-8-18(12)15(23)19(10)27-28(24,25)26/h1-4,7,10,12H,5-6,8H2,(H,21,22)(H,24,25,26)/t10-,12+,16?/m1/s1. The summed E-state index contributed by atoms with van der Waals surface area (Å²) in [6, 6.07) is 3.84. The SMILES string of the molecule is O=C1N2C[C@@H](CC[C@H]2C(=O)C2(C(=O)O)C=c3ccccc3=N2)N1OS(=O)(=O)O. The minimum atomic E-state index is -4.92. The minimum Gasteiger partial charge on any atom is -0.479 e. The van der Waals surface area contributed by atoms with E-state index in [0.29, 0.717) is 15.6 Å². The molecule has 2 N–H and O–H groups in total. The molecule has 11 nitrogen and oxygen atoms in total. The summed E-state index contributed by atoms with van der Waals surface area (Å²) in [5.41, 5.74) is -2.17. The third-order valence-corrected chi connectivity index (χ3v) is 5.45. The van der Waals surface area contributed by atoms with Crippen LogP contribution in [0, 0.1) is 0 Å². The number of rotatable bonds is 5. The van der Waals surface area contributed by atoms with Crippen LogP contribution < -0.4 is 10.6 Å². The number of fused-ring (bicyclic) bond motifs is 3. The van der Waals surface area contributed by atoms with Gasteiger partial charge < -0.3 is 10.0 Å². The number of aliphatic carboxylic acids is 1. The predicted octanol–water partition coefficient (Wildman–Crippen LogP) is -1.50. The number of para-hydroxylation sites is 1. The molecule has 3 aliphatic heterocycles. The summed E-state index contributed by atoms with van der Waals surface area (Å²) in [7, 11) is -4.92. The van der Waals surface area contributed by atoms with E-state index in [9.17, 15) is 27.9 Å². The highest BCUT2D eigenvalue weighted by molar-refractivity contribution is 7.80. The number of piperidine rings is 1. The van der Waals surface area contributed by atoms with Crippen LogP contribution in [0.2, 0.25) is 0 Å². The molecule has 1 unspecified atom stereocenters. The average Bonchev–Trinajstić information content (AvgIpc) is 3.13. The lowest BCUT2D eigenvalue weighted by Crippen LogP contribution is -2.55. The van der Waals surface area contributed by atoms with Gasteiger partial charge in [0.1, 0.15) is 0 Å². The number of nitrogens with zero attached hydrogens (tertiary/aromatic N) is 3. The average molecular weight is 409 g/mol. The number of amides is 2. The molecule has 2 saturated heterocycles. The van der Waals surface area contributed by atoms with Crippen molar-refractivity contribution < 1.29 is 36.7 Å². The van der Waals surface area contributed by atoms with Gasteiger partial charge in [0, 0.05) is 6.54 Å². The van der Waals surface area contributed by atoms with Crippen molar-refractivity contribution in [2.45, 2.75) is 30.5 Å². The number of ketones is 1. The van der Waals surface area contributed by atoms with Crippen LogP contribution in [0.3, 0.4) is 0 Å². The largest absolute Gasteiger partial charge is 0.479 e. The highest BCUT2D eigenvalue weighted by Crippen LogP contribution is 2.34. The number of benzene rings is 1. The molecule has 148 valence electrons. The minimum absolute atomic E-state index is 0.0343. The van der Waals surface area contributed by atoms with Crippen LogP contribution in [0.4, 0.5) is 4.79 Å². The lowest BCUT2D eigenvalue weighted by Gasteiger charge is -2.32. The van der Waals surface area contributed by atoms with Crippen molar-refractivity contribution >= 4 is 34.3 Å². The molecule has 3 heterocycles. The maximum Gasteiger partial charge on any atom is 0.418 e. The first-order chi connectivity index (χ1) is 13.1. The van der Waals surface area contributed by atoms with Crippen molar-refractivity contribution in [3.05, 3.63) is 34.8 Å². The topological polar surface area (TPSA) is 154 Å². The maximum absolute atomic E-state index is 13.2. The summed E-state index contributed by atoms with van der Waals surface area (Å²) < 4.78 is 35.1. The zero-order chi connectivity index (χ0) is 20.3. The van der Waals surface area contributed by atoms with Crippen LogP contribution in [0.15, 0.2) is 29.3 Å². The molecular weight excluding hydrogens is 394 g/mol. The number of hydrogen-bond acceptors (Lipinski definition) is 7. The van der Waals surface area contributed by atoms with E-state index >= 15 is 0 Å². The predicted molar refractivity (Wildman–Crippen MR) is 90.4 cm³/mol. The summed E-state index contributed by atoms with van der Waals surface area (Å²) in [5.74, 6) is -2.26. The van der Waals surface area contributed by atoms with Crippen molar-refractivity contribution in [1.82, 2.24) is 9.96 Å². The van der Waals surface area contributed by atoms with E-state index < -0.39 is 45.8 Å². The summed E-state index contributed by atoms with van der Waals surface area (Å²) in [6.07, 6.45) is 1.55. The molecule has 12 heteroatoms. The van der Waals surface area contributed by atoms with Gasteiger partial charge in [-0.15, -0.1) is 4.28 Å². The summed E-state index contributed by atoms with van der Waals surface area (Å²) in [5, 5.41) is 11.1. The summed E-state index contributed by atoms with van der Waals surface area (Å²) in [6.45, 7) is -0.0343. The van der Waals surface area contributed by atoms with E-state index in [-0.39, 0.29) is 19.4 Å². The number of carbonyl (C=O) groups excluding carboxylic acids is 2. The fourth-order valence-electron chi connectivity index (χ4n) is 3.86. The number of carboxylic acid groups (broad SMARTS) is 1. The Morgan fingerprint density at radius 3 is 2.61 bits per heavy atom. The quantitative estimate of drug-likeness (QED) is 0.440. The third kappa shape index (κ3) is 2.77. The van der Waals surface area contributed by atoms with Gasteiger partial charge in [0.05, 0.1) is 17.4 Å². The van der Waals surface area contributed by atoms with Gasteiger partial charge in [-0.05, 0) is 30.2 Å². The van der Waals surface area contributed by atoms with Crippen molar-refractivity contribution in [2.24, 2.45) is 4.99 Å². The van der Waals surface area contributed by atoms with Gasteiger partial charge in [0.15, 0.2) is 5.78 Å². The molecule has 0 radical (unpaired) electrons. The van der Waals surface area contributed by atoms with Gasteiger partial charge in [-0.25, -0.2) is 9.59 Å². The smallest absolute Gasteiger partial charge is 0.418 e. The molecule has 2 amide bonds. The Bertz CT molecular complexity index is 1080. The van der Waals surface area contributed by atoms with Crippen LogP contribution in [-0.2, 0) is 24.3 Å². The molecule has 1 aromatic carbocycles. The van der Waals surface area contributed by atoms with Gasteiger partial charge in [0.2, 0.25) is 5.54 Å². The fraction of sp³-hybridized carbons (Fsp3) is 0.375. The van der Waals surface area contributed by atoms with Gasteiger partial charge in [0.25, 0.3) is 0 Å². The molecule has 0 aromatic heterocycles. The third-order valence-electron chi connectivity index (χ3n) is 5.10. The Kier molecular flexibility index (Phi) is 4.03. The lowest BCUT2D eigenvalue weighted by atomic mass is 9.85. The molecule has 3 atom stereocenters. The Balaban J connectivity index is 1.68. The summed E-state index contributed by atoms with van der Waals surface area (Å²) in [4.78, 5) is 42.9. The highest BCUT2D eigenvalue weighted by Gasteiger charge is 2.56. The lowest BCUT2D eigenvalue weighted by molar-refractivity contribution is -0.146. The number of Topliss-reactive ketones (excluding diaryl/α,β-unsaturated/α-hetero) is 1. The molecule has 0 spiro atoms. The second-order valence-electron chi connectivity index (χ2n) is 6.76. The first-order valence-electron chi connectivity index (χ1n) is 8.35. The second kappa shape index (κ2) is 6.09. The van der Waals surface area contributed by atoms with Crippen molar-refractivity contribution in [1.29, 1.82) is 0 Å². The molecule has 0 saturated carbocycles. The van der Waals surface area contributed by atoms with Gasteiger partial charge in [-0.3, -0.25) is 14.3 Å². The van der Waals surface area contributed by atoms with E-state index in [2.05, 4.69) is 9.28 Å². The van der Waals surface area contributed by atoms with Crippen LogP contribution >= 0.6 is 0 Å². The highest BCUT2D eigenvalue weighted by atomic mass is 32.3. The first kappa shape index (κ1) is 18.5. The van der Waals surface area contributed by atoms with E-state index in [0.717, 1.165) is 4.90 Å². The van der Waals surface area contributed by atoms with Crippen LogP contribution in [-0.4, -0.2) is 70.0 Å². The van der Waals surface area contributed by atoms with Gasteiger partial charge in [-0.2, -0.15) is 13.5 Å². The Labute approximate surface area is 158 Å². The van der Waals surface area contributed by atoms with Crippen LogP contribution in [0.25, 0.3) is 6.08 Å². The molecular formula is C16H15N3O8S. The van der Waals surface area contributed by atoms with Gasteiger partial charge >= 0.3 is 22.4 Å². The molecule has 1 aromatic rings. The Hall–Kier alpha value is -2.83. The molecule has 0 aliphatic carbocycles. The van der Waals surface area contributed by atoms with E-state index in [4.69, 9.17) is 4.55 Å².